The number of hydrogen-bond acceptors (Lipinski definition) is 5. The van der Waals surface area contributed by atoms with Gasteiger partial charge in [-0.25, -0.2) is 13.2 Å². The SMILES string of the molecule is CCNC(=O)NC(=O)CN1CCN(S(=O)(=O)c2ccc([C@H](C)CC)cc2)CC1. The van der Waals surface area contributed by atoms with E-state index in [2.05, 4.69) is 24.5 Å². The summed E-state index contributed by atoms with van der Waals surface area (Å²) in [6.45, 7) is 7.98. The molecule has 1 aliphatic heterocycles. The molecule has 0 aromatic heterocycles. The zero-order valence-corrected chi connectivity index (χ0v) is 17.6. The predicted octanol–water partition coefficient (Wildman–Crippen LogP) is 1.35. The molecule has 0 aliphatic carbocycles. The Balaban J connectivity index is 1.91. The summed E-state index contributed by atoms with van der Waals surface area (Å²) < 4.78 is 27.2. The van der Waals surface area contributed by atoms with Crippen molar-refractivity contribution in [2.45, 2.75) is 38.0 Å². The Kier molecular flexibility index (Phi) is 7.97. The minimum atomic E-state index is -3.55. The molecule has 0 bridgehead atoms. The van der Waals surface area contributed by atoms with E-state index in [0.717, 1.165) is 12.0 Å². The molecular formula is C19H30N4O4S. The van der Waals surface area contributed by atoms with E-state index in [1.54, 1.807) is 19.1 Å². The van der Waals surface area contributed by atoms with Crippen molar-refractivity contribution in [2.75, 3.05) is 39.3 Å². The van der Waals surface area contributed by atoms with E-state index in [9.17, 15) is 18.0 Å². The third-order valence-corrected chi connectivity index (χ3v) is 6.90. The van der Waals surface area contributed by atoms with Crippen molar-refractivity contribution in [3.63, 3.8) is 0 Å². The molecule has 1 heterocycles. The van der Waals surface area contributed by atoms with E-state index in [4.69, 9.17) is 0 Å². The van der Waals surface area contributed by atoms with Gasteiger partial charge in [-0.3, -0.25) is 15.0 Å². The quantitative estimate of drug-likeness (QED) is 0.707. The van der Waals surface area contributed by atoms with Gasteiger partial charge >= 0.3 is 6.03 Å². The number of sulfonamides is 1. The van der Waals surface area contributed by atoms with Gasteiger partial charge in [0, 0.05) is 32.7 Å². The fraction of sp³-hybridized carbons (Fsp3) is 0.579. The van der Waals surface area contributed by atoms with Crippen molar-refractivity contribution in [3.05, 3.63) is 29.8 Å². The number of imide groups is 1. The van der Waals surface area contributed by atoms with Gasteiger partial charge in [0.2, 0.25) is 15.9 Å². The number of carbonyl (C=O) groups excluding carboxylic acids is 2. The van der Waals surface area contributed by atoms with Crippen LogP contribution >= 0.6 is 0 Å². The lowest BCUT2D eigenvalue weighted by Gasteiger charge is -2.33. The van der Waals surface area contributed by atoms with E-state index >= 15 is 0 Å². The zero-order chi connectivity index (χ0) is 20.7. The highest BCUT2D eigenvalue weighted by Crippen LogP contribution is 2.23. The number of carbonyl (C=O) groups is 2. The van der Waals surface area contributed by atoms with Crippen LogP contribution in [0.2, 0.25) is 0 Å². The molecular weight excluding hydrogens is 380 g/mol. The van der Waals surface area contributed by atoms with Crippen LogP contribution in [-0.2, 0) is 14.8 Å². The molecule has 28 heavy (non-hydrogen) atoms. The maximum atomic E-state index is 12.9. The number of hydrogen-bond donors (Lipinski definition) is 2. The molecule has 2 N–H and O–H groups in total. The van der Waals surface area contributed by atoms with Crippen LogP contribution in [0.25, 0.3) is 0 Å². The summed E-state index contributed by atoms with van der Waals surface area (Å²) >= 11 is 0. The second-order valence-corrected chi connectivity index (χ2v) is 8.90. The zero-order valence-electron chi connectivity index (χ0n) is 16.8. The molecule has 1 aromatic carbocycles. The first kappa shape index (κ1) is 22.3. The molecule has 0 radical (unpaired) electrons. The molecule has 8 nitrogen and oxygen atoms in total. The Morgan fingerprint density at radius 1 is 1.07 bits per heavy atom. The van der Waals surface area contributed by atoms with Gasteiger partial charge in [0.05, 0.1) is 11.4 Å². The number of urea groups is 1. The number of nitrogens with zero attached hydrogens (tertiary/aromatic N) is 2. The number of rotatable bonds is 7. The molecule has 1 fully saturated rings. The average Bonchev–Trinajstić information content (AvgIpc) is 2.68. The third kappa shape index (κ3) is 5.76. The number of piperazine rings is 1. The second-order valence-electron chi connectivity index (χ2n) is 6.97. The van der Waals surface area contributed by atoms with Gasteiger partial charge in [-0.15, -0.1) is 0 Å². The van der Waals surface area contributed by atoms with Gasteiger partial charge in [0.15, 0.2) is 0 Å². The van der Waals surface area contributed by atoms with Crippen LogP contribution in [0.15, 0.2) is 29.2 Å². The summed E-state index contributed by atoms with van der Waals surface area (Å²) in [7, 11) is -3.55. The number of nitrogens with one attached hydrogen (secondary N) is 2. The largest absolute Gasteiger partial charge is 0.338 e. The molecule has 1 saturated heterocycles. The smallest absolute Gasteiger partial charge is 0.321 e. The molecule has 0 spiro atoms. The van der Waals surface area contributed by atoms with E-state index in [-0.39, 0.29) is 6.54 Å². The standard InChI is InChI=1S/C19H30N4O4S/c1-4-15(3)16-6-8-17(9-7-16)28(26,27)23-12-10-22(11-13-23)14-18(24)21-19(25)20-5-2/h6-9,15H,4-5,10-14H2,1-3H3,(H2,20,21,24,25)/t15-/m1/s1. The van der Waals surface area contributed by atoms with Crippen molar-refractivity contribution >= 4 is 22.0 Å². The van der Waals surface area contributed by atoms with Gasteiger partial charge in [-0.2, -0.15) is 4.31 Å². The summed E-state index contributed by atoms with van der Waals surface area (Å²) in [6, 6.07) is 6.58. The van der Waals surface area contributed by atoms with Crippen molar-refractivity contribution in [3.8, 4) is 0 Å². The molecule has 2 rings (SSSR count). The maximum absolute atomic E-state index is 12.9. The lowest BCUT2D eigenvalue weighted by molar-refractivity contribution is -0.121. The molecule has 0 unspecified atom stereocenters. The van der Waals surface area contributed by atoms with E-state index in [1.807, 2.05) is 17.0 Å². The summed E-state index contributed by atoms with van der Waals surface area (Å²) in [4.78, 5) is 25.4. The fourth-order valence-corrected chi connectivity index (χ4v) is 4.48. The van der Waals surface area contributed by atoms with E-state index in [0.29, 0.717) is 43.5 Å². The molecule has 1 aromatic rings. The summed E-state index contributed by atoms with van der Waals surface area (Å²) in [6.07, 6.45) is 1.00. The Morgan fingerprint density at radius 3 is 2.21 bits per heavy atom. The van der Waals surface area contributed by atoms with Crippen LogP contribution in [0.1, 0.15) is 38.7 Å². The third-order valence-electron chi connectivity index (χ3n) is 4.99. The first-order valence-corrected chi connectivity index (χ1v) is 11.1. The second kappa shape index (κ2) is 9.99. The highest BCUT2D eigenvalue weighted by atomic mass is 32.2. The summed E-state index contributed by atoms with van der Waals surface area (Å²) in [5.41, 5.74) is 1.13. The maximum Gasteiger partial charge on any atom is 0.321 e. The predicted molar refractivity (Wildman–Crippen MR) is 108 cm³/mol. The molecule has 156 valence electrons. The molecule has 1 atom stereocenters. The van der Waals surface area contributed by atoms with Crippen LogP contribution in [-0.4, -0.2) is 68.8 Å². The molecule has 3 amide bonds. The van der Waals surface area contributed by atoms with Crippen LogP contribution in [0.5, 0.6) is 0 Å². The lowest BCUT2D eigenvalue weighted by Crippen LogP contribution is -2.52. The summed E-state index contributed by atoms with van der Waals surface area (Å²) in [5, 5.41) is 4.75. The van der Waals surface area contributed by atoms with Crippen molar-refractivity contribution in [2.24, 2.45) is 0 Å². The molecule has 1 aliphatic rings. The highest BCUT2D eigenvalue weighted by Gasteiger charge is 2.29. The van der Waals surface area contributed by atoms with Gasteiger partial charge in [0.1, 0.15) is 0 Å². The van der Waals surface area contributed by atoms with Crippen LogP contribution in [0.4, 0.5) is 4.79 Å². The number of amides is 3. The minimum absolute atomic E-state index is 0.0641. The summed E-state index contributed by atoms with van der Waals surface area (Å²) in [5.74, 6) is -0.00579. The first-order valence-electron chi connectivity index (χ1n) is 9.68. The van der Waals surface area contributed by atoms with Crippen molar-refractivity contribution < 1.29 is 18.0 Å². The van der Waals surface area contributed by atoms with Crippen LogP contribution in [0.3, 0.4) is 0 Å². The first-order chi connectivity index (χ1) is 13.3. The Bertz CT molecular complexity index is 772. The Hall–Kier alpha value is -1.97. The van der Waals surface area contributed by atoms with Gasteiger partial charge in [-0.05, 0) is 37.0 Å². The van der Waals surface area contributed by atoms with E-state index in [1.165, 1.54) is 4.31 Å². The van der Waals surface area contributed by atoms with Crippen molar-refractivity contribution in [1.82, 2.24) is 19.8 Å². The normalized spacial score (nSPS) is 17.1. The highest BCUT2D eigenvalue weighted by molar-refractivity contribution is 7.89. The van der Waals surface area contributed by atoms with Gasteiger partial charge < -0.3 is 5.32 Å². The molecule has 9 heteroatoms. The topological polar surface area (TPSA) is 98.8 Å². The number of benzene rings is 1. The Morgan fingerprint density at radius 2 is 1.68 bits per heavy atom. The average molecular weight is 411 g/mol. The van der Waals surface area contributed by atoms with Gasteiger partial charge in [0.25, 0.3) is 0 Å². The Labute approximate surface area is 167 Å². The van der Waals surface area contributed by atoms with E-state index < -0.39 is 22.0 Å². The van der Waals surface area contributed by atoms with Crippen molar-refractivity contribution in [1.29, 1.82) is 0 Å². The molecule has 0 saturated carbocycles. The minimum Gasteiger partial charge on any atom is -0.338 e. The lowest BCUT2D eigenvalue weighted by atomic mass is 9.99. The monoisotopic (exact) mass is 410 g/mol. The van der Waals surface area contributed by atoms with Crippen LogP contribution < -0.4 is 10.6 Å². The fourth-order valence-electron chi connectivity index (χ4n) is 3.06. The van der Waals surface area contributed by atoms with Crippen LogP contribution in [0, 0.1) is 0 Å². The van der Waals surface area contributed by atoms with Gasteiger partial charge in [-0.1, -0.05) is 26.0 Å².